The van der Waals surface area contributed by atoms with Crippen LogP contribution in [0.4, 0.5) is 5.82 Å². The van der Waals surface area contributed by atoms with Crippen LogP contribution in [-0.4, -0.2) is 20.9 Å². The third-order valence-corrected chi connectivity index (χ3v) is 1.90. The number of rotatable bonds is 1. The van der Waals surface area contributed by atoms with E-state index in [2.05, 4.69) is 15.0 Å². The van der Waals surface area contributed by atoms with Gasteiger partial charge in [-0.05, 0) is 0 Å². The van der Waals surface area contributed by atoms with E-state index in [9.17, 15) is 4.79 Å². The van der Waals surface area contributed by atoms with Crippen LogP contribution >= 0.6 is 11.3 Å². The van der Waals surface area contributed by atoms with Gasteiger partial charge < -0.3 is 11.5 Å². The maximum Gasteiger partial charge on any atom is 0.251 e. The number of anilines is 1. The highest BCUT2D eigenvalue weighted by molar-refractivity contribution is 7.07. The van der Waals surface area contributed by atoms with E-state index < -0.39 is 5.91 Å². The quantitative estimate of drug-likeness (QED) is 0.722. The van der Waals surface area contributed by atoms with Crippen molar-refractivity contribution in [2.24, 2.45) is 5.73 Å². The van der Waals surface area contributed by atoms with Crippen molar-refractivity contribution in [1.82, 2.24) is 15.0 Å². The standard InChI is InChI=1S/C5H5N3O.C3H4N2S/c6-5(9)4-1-7-3-8-2-4;4-3-1-6-2-5-3/h1-3H,(H2,6,9);1-2H,4H2. The van der Waals surface area contributed by atoms with Crippen LogP contribution in [0.2, 0.25) is 0 Å². The van der Waals surface area contributed by atoms with Crippen molar-refractivity contribution in [3.63, 3.8) is 0 Å². The highest BCUT2D eigenvalue weighted by Gasteiger charge is 1.96. The number of thiazole rings is 1. The van der Waals surface area contributed by atoms with Crippen LogP contribution < -0.4 is 11.5 Å². The first-order valence-corrected chi connectivity index (χ1v) is 4.83. The van der Waals surface area contributed by atoms with Gasteiger partial charge in [0.2, 0.25) is 0 Å². The van der Waals surface area contributed by atoms with Crippen molar-refractivity contribution in [2.45, 2.75) is 0 Å². The molecule has 0 fully saturated rings. The predicted molar refractivity (Wildman–Crippen MR) is 57.1 cm³/mol. The average Bonchev–Trinajstić information content (AvgIpc) is 2.71. The van der Waals surface area contributed by atoms with Crippen molar-refractivity contribution in [1.29, 1.82) is 0 Å². The van der Waals surface area contributed by atoms with Gasteiger partial charge in [0.1, 0.15) is 12.1 Å². The van der Waals surface area contributed by atoms with E-state index in [0.29, 0.717) is 11.4 Å². The van der Waals surface area contributed by atoms with Crippen molar-refractivity contribution in [3.05, 3.63) is 35.2 Å². The Balaban J connectivity index is 0.000000162. The van der Waals surface area contributed by atoms with Crippen LogP contribution in [0.3, 0.4) is 0 Å². The Bertz CT molecular complexity index is 402. The Hall–Kier alpha value is -2.02. The van der Waals surface area contributed by atoms with Crippen LogP contribution in [0.25, 0.3) is 0 Å². The monoisotopic (exact) mass is 223 g/mol. The maximum absolute atomic E-state index is 10.3. The minimum atomic E-state index is -0.504. The molecule has 15 heavy (non-hydrogen) atoms. The lowest BCUT2D eigenvalue weighted by Gasteiger charge is -1.88. The van der Waals surface area contributed by atoms with Gasteiger partial charge in [-0.25, -0.2) is 15.0 Å². The van der Waals surface area contributed by atoms with E-state index in [4.69, 9.17) is 11.5 Å². The predicted octanol–water partition coefficient (Wildman–Crippen LogP) is 0.301. The largest absolute Gasteiger partial charge is 0.383 e. The molecule has 2 aromatic rings. The van der Waals surface area contributed by atoms with Gasteiger partial charge >= 0.3 is 0 Å². The number of nitrogens with zero attached hydrogens (tertiary/aromatic N) is 3. The van der Waals surface area contributed by atoms with Crippen LogP contribution in [-0.2, 0) is 0 Å². The number of carbonyl (C=O) groups is 1. The first-order valence-electron chi connectivity index (χ1n) is 3.88. The molecule has 2 heterocycles. The molecule has 0 atom stereocenters. The highest BCUT2D eigenvalue weighted by atomic mass is 32.1. The second kappa shape index (κ2) is 5.66. The molecule has 0 aliphatic carbocycles. The molecule has 2 aromatic heterocycles. The lowest BCUT2D eigenvalue weighted by molar-refractivity contribution is 0.0999. The third kappa shape index (κ3) is 4.14. The smallest absolute Gasteiger partial charge is 0.251 e. The van der Waals surface area contributed by atoms with Crippen molar-refractivity contribution in [3.8, 4) is 0 Å². The first kappa shape index (κ1) is 11.1. The SMILES string of the molecule is NC(=O)c1cncnc1.Nc1cscn1. The zero-order valence-corrected chi connectivity index (χ0v) is 8.52. The molecule has 0 aliphatic rings. The van der Waals surface area contributed by atoms with Crippen molar-refractivity contribution < 1.29 is 4.79 Å². The number of nitrogens with two attached hydrogens (primary N) is 2. The van der Waals surface area contributed by atoms with Crippen molar-refractivity contribution in [2.75, 3.05) is 5.73 Å². The van der Waals surface area contributed by atoms with Gasteiger partial charge in [-0.15, -0.1) is 11.3 Å². The average molecular weight is 223 g/mol. The Morgan fingerprint density at radius 1 is 1.33 bits per heavy atom. The molecule has 0 bridgehead atoms. The number of nitrogen functional groups attached to an aromatic ring is 1. The zero-order valence-electron chi connectivity index (χ0n) is 7.70. The molecule has 7 heteroatoms. The summed E-state index contributed by atoms with van der Waals surface area (Å²) >= 11 is 1.50. The summed E-state index contributed by atoms with van der Waals surface area (Å²) in [7, 11) is 0. The fourth-order valence-corrected chi connectivity index (χ4v) is 1.09. The molecule has 6 nitrogen and oxygen atoms in total. The van der Waals surface area contributed by atoms with Crippen LogP contribution in [0, 0.1) is 0 Å². The minimum Gasteiger partial charge on any atom is -0.383 e. The fraction of sp³-hybridized carbons (Fsp3) is 0. The van der Waals surface area contributed by atoms with E-state index in [1.807, 2.05) is 0 Å². The molecule has 4 N–H and O–H groups in total. The lowest BCUT2D eigenvalue weighted by atomic mass is 10.3. The number of amides is 1. The number of carbonyl (C=O) groups excluding carboxylic acids is 1. The number of hydrogen-bond donors (Lipinski definition) is 2. The second-order valence-corrected chi connectivity index (χ2v) is 3.12. The molecule has 78 valence electrons. The van der Waals surface area contributed by atoms with Gasteiger partial charge in [0.25, 0.3) is 5.91 Å². The van der Waals surface area contributed by atoms with E-state index in [0.717, 1.165) is 0 Å². The molecule has 0 unspecified atom stereocenters. The zero-order chi connectivity index (χ0) is 11.1. The summed E-state index contributed by atoms with van der Waals surface area (Å²) in [6.45, 7) is 0. The fourth-order valence-electron chi connectivity index (χ4n) is 0.648. The Labute approximate surface area is 90.0 Å². The Morgan fingerprint density at radius 2 is 2.00 bits per heavy atom. The van der Waals surface area contributed by atoms with E-state index in [1.54, 1.807) is 10.9 Å². The lowest BCUT2D eigenvalue weighted by Crippen LogP contribution is -2.11. The molecule has 0 aliphatic heterocycles. The van der Waals surface area contributed by atoms with E-state index in [-0.39, 0.29) is 0 Å². The summed E-state index contributed by atoms with van der Waals surface area (Å²) < 4.78 is 0. The Kier molecular flexibility index (Phi) is 4.17. The van der Waals surface area contributed by atoms with Crippen LogP contribution in [0.15, 0.2) is 29.6 Å². The van der Waals surface area contributed by atoms with Crippen LogP contribution in [0.1, 0.15) is 10.4 Å². The van der Waals surface area contributed by atoms with Gasteiger partial charge in [0.05, 0.1) is 11.1 Å². The minimum absolute atomic E-state index is 0.331. The molecule has 0 saturated carbocycles. The van der Waals surface area contributed by atoms with Crippen LogP contribution in [0.5, 0.6) is 0 Å². The van der Waals surface area contributed by atoms with Gasteiger partial charge in [-0.2, -0.15) is 0 Å². The van der Waals surface area contributed by atoms with Gasteiger partial charge in [-0.1, -0.05) is 0 Å². The van der Waals surface area contributed by atoms with Gasteiger partial charge in [-0.3, -0.25) is 4.79 Å². The number of primary amides is 1. The van der Waals surface area contributed by atoms with E-state index in [1.165, 1.54) is 30.1 Å². The molecule has 1 amide bonds. The molecule has 0 radical (unpaired) electrons. The number of hydrogen-bond acceptors (Lipinski definition) is 6. The summed E-state index contributed by atoms with van der Waals surface area (Å²) in [6.07, 6.45) is 4.08. The van der Waals surface area contributed by atoms with Gasteiger partial charge in [0, 0.05) is 17.8 Å². The summed E-state index contributed by atoms with van der Waals surface area (Å²) in [5.41, 5.74) is 12.1. The highest BCUT2D eigenvalue weighted by Crippen LogP contribution is 1.99. The number of aromatic nitrogens is 3. The van der Waals surface area contributed by atoms with E-state index >= 15 is 0 Å². The summed E-state index contributed by atoms with van der Waals surface area (Å²) in [5.74, 6) is 0.107. The molecular formula is C8H9N5OS. The molecule has 0 saturated heterocycles. The Morgan fingerprint density at radius 3 is 2.27 bits per heavy atom. The van der Waals surface area contributed by atoms with Gasteiger partial charge in [0.15, 0.2) is 0 Å². The maximum atomic E-state index is 10.3. The van der Waals surface area contributed by atoms with Crippen molar-refractivity contribution >= 4 is 23.1 Å². The molecular weight excluding hydrogens is 214 g/mol. The second-order valence-electron chi connectivity index (χ2n) is 2.40. The molecule has 0 spiro atoms. The topological polar surface area (TPSA) is 108 Å². The summed E-state index contributed by atoms with van der Waals surface area (Å²) in [4.78, 5) is 21.2. The third-order valence-electron chi connectivity index (χ3n) is 1.30. The summed E-state index contributed by atoms with van der Waals surface area (Å²) in [5, 5.41) is 1.79. The molecule has 0 aromatic carbocycles. The first-order chi connectivity index (χ1) is 7.20. The summed E-state index contributed by atoms with van der Waals surface area (Å²) in [6, 6.07) is 0. The molecule has 2 rings (SSSR count). The normalized spacial score (nSPS) is 8.80.